The van der Waals surface area contributed by atoms with Crippen LogP contribution in [0.5, 0.6) is 0 Å². The molecule has 1 saturated carbocycles. The molecule has 0 heterocycles. The molecule has 3 rings (SSSR count). The number of fused-ring (bicyclic) bond motifs is 1. The van der Waals surface area contributed by atoms with Crippen molar-refractivity contribution in [3.63, 3.8) is 0 Å². The highest BCUT2D eigenvalue weighted by molar-refractivity contribution is 5.98. The predicted octanol–water partition coefficient (Wildman–Crippen LogP) is 3.82. The molecule has 110 valence electrons. The van der Waals surface area contributed by atoms with Crippen molar-refractivity contribution >= 4 is 17.4 Å². The van der Waals surface area contributed by atoms with Crippen LogP contribution in [0.2, 0.25) is 0 Å². The van der Waals surface area contributed by atoms with Gasteiger partial charge < -0.3 is 5.32 Å². The summed E-state index contributed by atoms with van der Waals surface area (Å²) in [4.78, 5) is 23.8. The van der Waals surface area contributed by atoms with E-state index >= 15 is 0 Å². The molecule has 21 heavy (non-hydrogen) atoms. The normalized spacial score (nSPS) is 27.2. The summed E-state index contributed by atoms with van der Waals surface area (Å²) in [5.74, 6) is 1.15. The van der Waals surface area contributed by atoms with Crippen molar-refractivity contribution in [2.75, 3.05) is 5.32 Å². The van der Waals surface area contributed by atoms with Crippen LogP contribution < -0.4 is 5.32 Å². The van der Waals surface area contributed by atoms with Gasteiger partial charge in [0.2, 0.25) is 5.91 Å². The van der Waals surface area contributed by atoms with Gasteiger partial charge in [-0.3, -0.25) is 9.59 Å². The molecular formula is C18H21NO2. The Balaban J connectivity index is 1.67. The molecule has 0 spiro atoms. The van der Waals surface area contributed by atoms with Crippen molar-refractivity contribution < 1.29 is 9.59 Å². The van der Waals surface area contributed by atoms with Crippen LogP contribution in [0, 0.1) is 17.8 Å². The zero-order chi connectivity index (χ0) is 14.8. The Bertz CT molecular complexity index is 591. The van der Waals surface area contributed by atoms with Gasteiger partial charge in [0.1, 0.15) is 0 Å². The number of Topliss-reactive ketones (excluding diaryl/α,β-unsaturated/α-hetero) is 1. The first kappa shape index (κ1) is 14.1. The third-order valence-corrected chi connectivity index (χ3v) is 4.59. The Hall–Kier alpha value is -1.90. The molecule has 0 radical (unpaired) electrons. The summed E-state index contributed by atoms with van der Waals surface area (Å²) in [5, 5.41) is 2.97. The van der Waals surface area contributed by atoms with E-state index in [2.05, 4.69) is 17.5 Å². The number of ketones is 1. The molecule has 3 unspecified atom stereocenters. The minimum Gasteiger partial charge on any atom is -0.326 e. The average Bonchev–Trinajstić information content (AvgIpc) is 3.10. The highest BCUT2D eigenvalue weighted by Gasteiger charge is 2.52. The van der Waals surface area contributed by atoms with Gasteiger partial charge in [-0.15, -0.1) is 0 Å². The van der Waals surface area contributed by atoms with Gasteiger partial charge in [-0.25, -0.2) is 0 Å². The van der Waals surface area contributed by atoms with Crippen LogP contribution in [0.4, 0.5) is 5.69 Å². The molecule has 0 saturated heterocycles. The van der Waals surface area contributed by atoms with E-state index in [0.29, 0.717) is 17.4 Å². The fourth-order valence-electron chi connectivity index (χ4n) is 3.34. The first-order chi connectivity index (χ1) is 10.2. The summed E-state index contributed by atoms with van der Waals surface area (Å²) in [6, 6.07) is 7.17. The molecule has 1 N–H and O–H groups in total. The van der Waals surface area contributed by atoms with E-state index in [1.54, 1.807) is 12.1 Å². The molecule has 3 nitrogen and oxygen atoms in total. The summed E-state index contributed by atoms with van der Waals surface area (Å²) in [5.41, 5.74) is 1.35. The van der Waals surface area contributed by atoms with Gasteiger partial charge in [-0.2, -0.15) is 0 Å². The zero-order valence-corrected chi connectivity index (χ0v) is 12.3. The molecule has 0 bridgehead atoms. The number of allylic oxidation sites excluding steroid dienone is 2. The number of hydrogen-bond donors (Lipinski definition) is 1. The number of rotatable bonds is 3. The Morgan fingerprint density at radius 3 is 2.90 bits per heavy atom. The van der Waals surface area contributed by atoms with E-state index in [1.165, 1.54) is 19.8 Å². The molecule has 1 amide bonds. The summed E-state index contributed by atoms with van der Waals surface area (Å²) >= 11 is 0. The lowest BCUT2D eigenvalue weighted by Gasteiger charge is -2.06. The standard InChI is InChI=1S/C18H21NO2/c1-12(20)13-7-6-8-14(11-13)19-18(21)17-15-9-4-2-3-5-10-16(15)17/h4,6-9,11,15-17H,2-3,5,10H2,1H3,(H,19,21). The van der Waals surface area contributed by atoms with Gasteiger partial charge in [-0.05, 0) is 50.2 Å². The maximum atomic E-state index is 12.4. The van der Waals surface area contributed by atoms with Crippen molar-refractivity contribution in [1.82, 2.24) is 0 Å². The van der Waals surface area contributed by atoms with Gasteiger partial charge in [-0.1, -0.05) is 30.7 Å². The summed E-state index contributed by atoms with van der Waals surface area (Å²) < 4.78 is 0. The fraction of sp³-hybridized carbons (Fsp3) is 0.444. The molecule has 0 aromatic heterocycles. The number of nitrogens with one attached hydrogen (secondary N) is 1. The molecule has 3 heteroatoms. The van der Waals surface area contributed by atoms with E-state index in [0.717, 1.165) is 18.5 Å². The van der Waals surface area contributed by atoms with Crippen LogP contribution in [-0.2, 0) is 4.79 Å². The molecule has 3 atom stereocenters. The van der Waals surface area contributed by atoms with Crippen LogP contribution in [0.25, 0.3) is 0 Å². The SMILES string of the molecule is CC(=O)c1cccc(NC(=O)C2C3C=CCCCCC32)c1. The Morgan fingerprint density at radius 1 is 1.24 bits per heavy atom. The van der Waals surface area contributed by atoms with Crippen molar-refractivity contribution in [2.24, 2.45) is 17.8 Å². The first-order valence-corrected chi connectivity index (χ1v) is 7.75. The van der Waals surface area contributed by atoms with Gasteiger partial charge in [0.05, 0.1) is 0 Å². The maximum Gasteiger partial charge on any atom is 0.228 e. The second kappa shape index (κ2) is 5.84. The topological polar surface area (TPSA) is 46.2 Å². The van der Waals surface area contributed by atoms with E-state index in [9.17, 15) is 9.59 Å². The summed E-state index contributed by atoms with van der Waals surface area (Å²) in [6.07, 6.45) is 9.18. The second-order valence-corrected chi connectivity index (χ2v) is 6.11. The van der Waals surface area contributed by atoms with Gasteiger partial charge >= 0.3 is 0 Å². The van der Waals surface area contributed by atoms with E-state index in [4.69, 9.17) is 0 Å². The minimum atomic E-state index is 0.0158. The van der Waals surface area contributed by atoms with Gasteiger partial charge in [0.15, 0.2) is 5.78 Å². The molecule has 2 aliphatic carbocycles. The lowest BCUT2D eigenvalue weighted by atomic mass is 10.1. The third kappa shape index (κ3) is 3.07. The van der Waals surface area contributed by atoms with Crippen LogP contribution in [-0.4, -0.2) is 11.7 Å². The van der Waals surface area contributed by atoms with E-state index < -0.39 is 0 Å². The average molecular weight is 283 g/mol. The summed E-state index contributed by atoms with van der Waals surface area (Å²) in [7, 11) is 0. The monoisotopic (exact) mass is 283 g/mol. The van der Waals surface area contributed by atoms with Crippen LogP contribution in [0.15, 0.2) is 36.4 Å². The molecular weight excluding hydrogens is 262 g/mol. The van der Waals surface area contributed by atoms with Crippen LogP contribution in [0.3, 0.4) is 0 Å². The maximum absolute atomic E-state index is 12.4. The minimum absolute atomic E-state index is 0.0158. The molecule has 2 aliphatic rings. The van der Waals surface area contributed by atoms with Crippen LogP contribution in [0.1, 0.15) is 43.0 Å². The van der Waals surface area contributed by atoms with Gasteiger partial charge in [0, 0.05) is 17.2 Å². The van der Waals surface area contributed by atoms with Crippen molar-refractivity contribution in [1.29, 1.82) is 0 Å². The number of anilines is 1. The van der Waals surface area contributed by atoms with Crippen molar-refractivity contribution in [3.05, 3.63) is 42.0 Å². The van der Waals surface area contributed by atoms with Crippen molar-refractivity contribution in [2.45, 2.75) is 32.6 Å². The highest BCUT2D eigenvalue weighted by atomic mass is 16.2. The van der Waals surface area contributed by atoms with Crippen molar-refractivity contribution in [3.8, 4) is 0 Å². The smallest absolute Gasteiger partial charge is 0.228 e. The number of carbonyl (C=O) groups is 2. The molecule has 1 aromatic carbocycles. The number of carbonyl (C=O) groups excluding carboxylic acids is 2. The Kier molecular flexibility index (Phi) is 3.91. The van der Waals surface area contributed by atoms with E-state index in [-0.39, 0.29) is 17.6 Å². The third-order valence-electron chi connectivity index (χ3n) is 4.59. The lowest BCUT2D eigenvalue weighted by molar-refractivity contribution is -0.117. The fourth-order valence-corrected chi connectivity index (χ4v) is 3.34. The van der Waals surface area contributed by atoms with Crippen LogP contribution >= 0.6 is 0 Å². The molecule has 1 aromatic rings. The molecule has 0 aliphatic heterocycles. The molecule has 1 fully saturated rings. The Labute approximate surface area is 125 Å². The number of benzene rings is 1. The summed E-state index contributed by atoms with van der Waals surface area (Å²) in [6.45, 7) is 1.54. The number of amides is 1. The second-order valence-electron chi connectivity index (χ2n) is 6.11. The number of hydrogen-bond acceptors (Lipinski definition) is 2. The van der Waals surface area contributed by atoms with Gasteiger partial charge in [0.25, 0.3) is 0 Å². The quantitative estimate of drug-likeness (QED) is 0.677. The first-order valence-electron chi connectivity index (χ1n) is 7.75. The predicted molar refractivity (Wildman–Crippen MR) is 83.2 cm³/mol. The van der Waals surface area contributed by atoms with E-state index in [1.807, 2.05) is 12.1 Å². The lowest BCUT2D eigenvalue weighted by Crippen LogP contribution is -2.15. The zero-order valence-electron chi connectivity index (χ0n) is 12.3. The largest absolute Gasteiger partial charge is 0.326 e. The Morgan fingerprint density at radius 2 is 2.10 bits per heavy atom. The highest BCUT2D eigenvalue weighted by Crippen LogP contribution is 2.51.